The first-order chi connectivity index (χ1) is 9.15. The third-order valence-electron chi connectivity index (χ3n) is 3.20. The van der Waals surface area contributed by atoms with Gasteiger partial charge in [-0.1, -0.05) is 35.8 Å². The summed E-state index contributed by atoms with van der Waals surface area (Å²) in [6.07, 6.45) is 2.33. The normalized spacial score (nSPS) is 17.1. The van der Waals surface area contributed by atoms with Gasteiger partial charge in [-0.3, -0.25) is 0 Å². The Hall–Kier alpha value is -0.0300. The molecule has 0 spiro atoms. The predicted octanol–water partition coefficient (Wildman–Crippen LogP) is 4.22. The summed E-state index contributed by atoms with van der Waals surface area (Å²) >= 11 is 5.67. The zero-order valence-electron chi connectivity index (χ0n) is 11.6. The van der Waals surface area contributed by atoms with Crippen LogP contribution in [0.25, 0.3) is 0 Å². The number of nitrogens with one attached hydrogen (secondary N) is 1. The van der Waals surface area contributed by atoms with Crippen molar-refractivity contribution in [2.75, 3.05) is 13.2 Å². The highest BCUT2D eigenvalue weighted by Crippen LogP contribution is 2.32. The molecule has 0 aliphatic carbocycles. The molecule has 0 amide bonds. The molecule has 1 fully saturated rings. The number of thioether (sulfide) groups is 1. The van der Waals surface area contributed by atoms with Crippen molar-refractivity contribution in [1.29, 1.82) is 0 Å². The van der Waals surface area contributed by atoms with E-state index >= 15 is 0 Å². The summed E-state index contributed by atoms with van der Waals surface area (Å²) in [5.74, 6) is 0. The zero-order valence-corrected chi connectivity index (χ0v) is 14.0. The molecule has 0 atom stereocenters. The number of rotatable bonds is 5. The fourth-order valence-corrected chi connectivity index (χ4v) is 3.86. The number of hydrogen-bond donors (Lipinski definition) is 1. The van der Waals surface area contributed by atoms with Crippen molar-refractivity contribution in [3.05, 3.63) is 28.2 Å². The van der Waals surface area contributed by atoms with Gasteiger partial charge in [0.15, 0.2) is 0 Å². The maximum absolute atomic E-state index is 5.40. The van der Waals surface area contributed by atoms with Crippen molar-refractivity contribution in [3.8, 4) is 0 Å². The molecule has 1 saturated heterocycles. The molecule has 0 radical (unpaired) electrons. The van der Waals surface area contributed by atoms with E-state index in [1.54, 1.807) is 0 Å². The first-order valence-corrected chi connectivity index (χ1v) is 8.58. The standard InChI is InChI=1S/C15H22BrNOS/c1-11(2)17-10-12-3-4-14(9-15(12)16)19-13-5-7-18-8-6-13/h3-4,9,11,13,17H,5-8,10H2,1-2H3. The lowest BCUT2D eigenvalue weighted by Crippen LogP contribution is -2.22. The summed E-state index contributed by atoms with van der Waals surface area (Å²) in [5.41, 5.74) is 1.32. The largest absolute Gasteiger partial charge is 0.381 e. The highest BCUT2D eigenvalue weighted by atomic mass is 79.9. The van der Waals surface area contributed by atoms with Gasteiger partial charge in [-0.15, -0.1) is 11.8 Å². The second kappa shape index (κ2) is 7.67. The van der Waals surface area contributed by atoms with Crippen LogP contribution in [0.4, 0.5) is 0 Å². The van der Waals surface area contributed by atoms with Crippen molar-refractivity contribution in [2.45, 2.75) is 49.4 Å². The van der Waals surface area contributed by atoms with Crippen LogP contribution >= 0.6 is 27.7 Å². The topological polar surface area (TPSA) is 21.3 Å². The van der Waals surface area contributed by atoms with E-state index in [1.165, 1.54) is 27.8 Å². The predicted molar refractivity (Wildman–Crippen MR) is 85.8 cm³/mol. The van der Waals surface area contributed by atoms with E-state index < -0.39 is 0 Å². The lowest BCUT2D eigenvalue weighted by atomic mass is 10.2. The molecular formula is C15H22BrNOS. The maximum Gasteiger partial charge on any atom is 0.0476 e. The van der Waals surface area contributed by atoms with E-state index in [4.69, 9.17) is 4.74 Å². The smallest absolute Gasteiger partial charge is 0.0476 e. The Balaban J connectivity index is 1.93. The monoisotopic (exact) mass is 343 g/mol. The molecule has 1 aliphatic heterocycles. The van der Waals surface area contributed by atoms with Crippen LogP contribution in [0.3, 0.4) is 0 Å². The van der Waals surface area contributed by atoms with Crippen LogP contribution in [0, 0.1) is 0 Å². The van der Waals surface area contributed by atoms with Gasteiger partial charge >= 0.3 is 0 Å². The number of hydrogen-bond acceptors (Lipinski definition) is 3. The third kappa shape index (κ3) is 5.10. The first-order valence-electron chi connectivity index (χ1n) is 6.91. The van der Waals surface area contributed by atoms with Crippen LogP contribution in [0.5, 0.6) is 0 Å². The highest BCUT2D eigenvalue weighted by molar-refractivity contribution is 9.10. The van der Waals surface area contributed by atoms with Gasteiger partial charge in [0, 0.05) is 40.4 Å². The van der Waals surface area contributed by atoms with E-state index in [0.717, 1.165) is 19.8 Å². The highest BCUT2D eigenvalue weighted by Gasteiger charge is 2.15. The molecule has 2 rings (SSSR count). The van der Waals surface area contributed by atoms with E-state index in [1.807, 2.05) is 11.8 Å². The average molecular weight is 344 g/mol. The minimum atomic E-state index is 0.517. The number of benzene rings is 1. The van der Waals surface area contributed by atoms with E-state index in [0.29, 0.717) is 11.3 Å². The quantitative estimate of drug-likeness (QED) is 0.864. The van der Waals surface area contributed by atoms with Gasteiger partial charge in [0.05, 0.1) is 0 Å². The Morgan fingerprint density at radius 2 is 2.11 bits per heavy atom. The first kappa shape index (κ1) is 15.4. The Labute approximate surface area is 128 Å². The molecule has 0 bridgehead atoms. The molecule has 0 aromatic heterocycles. The summed E-state index contributed by atoms with van der Waals surface area (Å²) in [6, 6.07) is 7.23. The third-order valence-corrected chi connectivity index (χ3v) is 5.27. The Kier molecular flexibility index (Phi) is 6.20. The fraction of sp³-hybridized carbons (Fsp3) is 0.600. The van der Waals surface area contributed by atoms with Gasteiger partial charge in [-0.2, -0.15) is 0 Å². The van der Waals surface area contributed by atoms with Crippen molar-refractivity contribution >= 4 is 27.7 Å². The Bertz CT molecular complexity index is 405. The van der Waals surface area contributed by atoms with Gasteiger partial charge in [-0.05, 0) is 30.5 Å². The van der Waals surface area contributed by atoms with Crippen molar-refractivity contribution in [3.63, 3.8) is 0 Å². The number of halogens is 1. The molecule has 1 heterocycles. The van der Waals surface area contributed by atoms with Gasteiger partial charge in [0.2, 0.25) is 0 Å². The summed E-state index contributed by atoms with van der Waals surface area (Å²) in [4.78, 5) is 1.35. The molecule has 1 aliphatic rings. The molecule has 0 unspecified atom stereocenters. The van der Waals surface area contributed by atoms with Crippen LogP contribution < -0.4 is 5.32 Å². The number of ether oxygens (including phenoxy) is 1. The van der Waals surface area contributed by atoms with Crippen molar-refractivity contribution in [1.82, 2.24) is 5.32 Å². The van der Waals surface area contributed by atoms with E-state index in [2.05, 4.69) is 53.3 Å². The minimum Gasteiger partial charge on any atom is -0.381 e. The average Bonchev–Trinajstić information content (AvgIpc) is 2.39. The second-order valence-electron chi connectivity index (χ2n) is 5.22. The van der Waals surface area contributed by atoms with Crippen LogP contribution in [-0.2, 0) is 11.3 Å². The summed E-state index contributed by atoms with van der Waals surface area (Å²) < 4.78 is 6.61. The van der Waals surface area contributed by atoms with Gasteiger partial charge in [0.25, 0.3) is 0 Å². The molecule has 4 heteroatoms. The molecule has 1 aromatic rings. The van der Waals surface area contributed by atoms with E-state index in [9.17, 15) is 0 Å². The fourth-order valence-electron chi connectivity index (χ4n) is 2.05. The summed E-state index contributed by atoms with van der Waals surface area (Å²) in [6.45, 7) is 7.08. The molecule has 1 N–H and O–H groups in total. The molecule has 1 aromatic carbocycles. The molecular weight excluding hydrogens is 322 g/mol. The Morgan fingerprint density at radius 1 is 1.37 bits per heavy atom. The van der Waals surface area contributed by atoms with Gasteiger partial charge in [0.1, 0.15) is 0 Å². The lowest BCUT2D eigenvalue weighted by Gasteiger charge is -2.21. The van der Waals surface area contributed by atoms with Crippen LogP contribution in [0.2, 0.25) is 0 Å². The molecule has 106 valence electrons. The summed E-state index contributed by atoms with van der Waals surface area (Å²) in [5, 5.41) is 4.16. The van der Waals surface area contributed by atoms with Gasteiger partial charge in [-0.25, -0.2) is 0 Å². The van der Waals surface area contributed by atoms with E-state index in [-0.39, 0.29) is 0 Å². The Morgan fingerprint density at radius 3 is 2.74 bits per heavy atom. The maximum atomic E-state index is 5.40. The van der Waals surface area contributed by atoms with Crippen molar-refractivity contribution in [2.24, 2.45) is 0 Å². The van der Waals surface area contributed by atoms with Crippen LogP contribution in [-0.4, -0.2) is 24.5 Å². The minimum absolute atomic E-state index is 0.517. The second-order valence-corrected chi connectivity index (χ2v) is 7.45. The molecule has 2 nitrogen and oxygen atoms in total. The van der Waals surface area contributed by atoms with Crippen LogP contribution in [0.15, 0.2) is 27.6 Å². The van der Waals surface area contributed by atoms with Crippen LogP contribution in [0.1, 0.15) is 32.3 Å². The zero-order chi connectivity index (χ0) is 13.7. The SMILES string of the molecule is CC(C)NCc1ccc(SC2CCOCC2)cc1Br. The molecule has 0 saturated carbocycles. The summed E-state index contributed by atoms with van der Waals surface area (Å²) in [7, 11) is 0. The lowest BCUT2D eigenvalue weighted by molar-refractivity contribution is 0.100. The molecule has 19 heavy (non-hydrogen) atoms. The van der Waals surface area contributed by atoms with Crippen molar-refractivity contribution < 1.29 is 4.74 Å². The van der Waals surface area contributed by atoms with Gasteiger partial charge < -0.3 is 10.1 Å².